The molecule has 0 unspecified atom stereocenters. The molecule has 1 rings (SSSR count). The molecular formula is C11H15NO2. The van der Waals surface area contributed by atoms with Crippen LogP contribution in [0.25, 0.3) is 0 Å². The molecule has 1 amide bonds. The molecule has 3 heteroatoms. The molecule has 1 aromatic carbocycles. The van der Waals surface area contributed by atoms with E-state index >= 15 is 0 Å². The fraction of sp³-hybridized carbons (Fsp3) is 0.364. The van der Waals surface area contributed by atoms with Crippen molar-refractivity contribution in [3.8, 4) is 0 Å². The van der Waals surface area contributed by atoms with Crippen LogP contribution in [-0.2, 0) is 11.3 Å². The highest BCUT2D eigenvalue weighted by molar-refractivity contribution is 5.94. The maximum Gasteiger partial charge on any atom is 0.275 e. The van der Waals surface area contributed by atoms with Gasteiger partial charge in [-0.2, -0.15) is 0 Å². The molecule has 0 aliphatic rings. The van der Waals surface area contributed by atoms with E-state index in [9.17, 15) is 4.79 Å². The van der Waals surface area contributed by atoms with Gasteiger partial charge in [-0.3, -0.25) is 9.63 Å². The first kappa shape index (κ1) is 10.7. The number of rotatable bonds is 4. The summed E-state index contributed by atoms with van der Waals surface area (Å²) in [6.07, 6.45) is 0.843. The third-order valence-corrected chi connectivity index (χ3v) is 1.95. The number of aryl methyl sites for hydroxylation is 1. The monoisotopic (exact) mass is 193 g/mol. The summed E-state index contributed by atoms with van der Waals surface area (Å²) in [5.41, 5.74) is 4.10. The smallest absolute Gasteiger partial charge is 0.274 e. The van der Waals surface area contributed by atoms with E-state index < -0.39 is 0 Å². The topological polar surface area (TPSA) is 38.3 Å². The summed E-state index contributed by atoms with van der Waals surface area (Å²) in [5.74, 6) is -0.177. The first-order valence-electron chi connectivity index (χ1n) is 4.79. The van der Waals surface area contributed by atoms with Crippen LogP contribution < -0.4 is 5.48 Å². The minimum absolute atomic E-state index is 0.177. The van der Waals surface area contributed by atoms with E-state index in [0.29, 0.717) is 12.2 Å². The second kappa shape index (κ2) is 5.40. The molecule has 0 saturated carbocycles. The molecule has 0 saturated heterocycles. The van der Waals surface area contributed by atoms with E-state index in [4.69, 9.17) is 4.84 Å². The zero-order chi connectivity index (χ0) is 10.4. The van der Waals surface area contributed by atoms with Gasteiger partial charge in [0.05, 0.1) is 6.61 Å². The number of carbonyl (C=O) groups is 1. The van der Waals surface area contributed by atoms with Crippen LogP contribution in [0.3, 0.4) is 0 Å². The molecule has 0 radical (unpaired) electrons. The van der Waals surface area contributed by atoms with Gasteiger partial charge in [0.15, 0.2) is 0 Å². The quantitative estimate of drug-likeness (QED) is 0.742. The normalized spacial score (nSPS) is 9.86. The molecule has 1 N–H and O–H groups in total. The Morgan fingerprint density at radius 1 is 1.36 bits per heavy atom. The lowest BCUT2D eigenvalue weighted by Crippen LogP contribution is -2.24. The highest BCUT2D eigenvalue weighted by Crippen LogP contribution is 2.08. The van der Waals surface area contributed by atoms with E-state index in [1.165, 1.54) is 0 Å². The first-order chi connectivity index (χ1) is 6.79. The van der Waals surface area contributed by atoms with Gasteiger partial charge in [-0.1, -0.05) is 25.1 Å². The Morgan fingerprint density at radius 2 is 2.07 bits per heavy atom. The van der Waals surface area contributed by atoms with Gasteiger partial charge in [-0.15, -0.1) is 0 Å². The van der Waals surface area contributed by atoms with Gasteiger partial charge in [-0.25, -0.2) is 5.48 Å². The minimum Gasteiger partial charge on any atom is -0.274 e. The second-order valence-electron chi connectivity index (χ2n) is 2.87. The number of nitrogens with one attached hydrogen (secondary N) is 1. The molecule has 0 spiro atoms. The molecule has 14 heavy (non-hydrogen) atoms. The number of carbonyl (C=O) groups excluding carboxylic acids is 1. The highest BCUT2D eigenvalue weighted by atomic mass is 16.6. The number of amides is 1. The van der Waals surface area contributed by atoms with Crippen molar-refractivity contribution in [1.82, 2.24) is 5.48 Å². The van der Waals surface area contributed by atoms with Crippen molar-refractivity contribution in [1.29, 1.82) is 0 Å². The molecule has 0 fully saturated rings. The van der Waals surface area contributed by atoms with E-state index in [0.717, 1.165) is 12.0 Å². The molecular weight excluding hydrogens is 178 g/mol. The largest absolute Gasteiger partial charge is 0.275 e. The lowest BCUT2D eigenvalue weighted by molar-refractivity contribution is 0.0363. The van der Waals surface area contributed by atoms with E-state index in [-0.39, 0.29) is 5.91 Å². The first-order valence-corrected chi connectivity index (χ1v) is 4.79. The average Bonchev–Trinajstić information content (AvgIpc) is 2.25. The predicted molar refractivity (Wildman–Crippen MR) is 54.9 cm³/mol. The fourth-order valence-electron chi connectivity index (χ4n) is 1.24. The Hall–Kier alpha value is -1.35. The molecule has 76 valence electrons. The van der Waals surface area contributed by atoms with Gasteiger partial charge < -0.3 is 0 Å². The Bertz CT molecular complexity index is 310. The van der Waals surface area contributed by atoms with Crippen molar-refractivity contribution in [2.75, 3.05) is 6.61 Å². The van der Waals surface area contributed by atoms with Crippen molar-refractivity contribution < 1.29 is 9.63 Å². The molecule has 0 aromatic heterocycles. The maximum absolute atomic E-state index is 11.5. The molecule has 0 heterocycles. The molecule has 0 aliphatic heterocycles. The second-order valence-corrected chi connectivity index (χ2v) is 2.87. The maximum atomic E-state index is 11.5. The number of hydroxylamine groups is 1. The van der Waals surface area contributed by atoms with Crippen LogP contribution in [0.15, 0.2) is 24.3 Å². The third-order valence-electron chi connectivity index (χ3n) is 1.95. The molecule has 0 atom stereocenters. The third kappa shape index (κ3) is 2.57. The van der Waals surface area contributed by atoms with Gasteiger partial charge in [0.25, 0.3) is 5.91 Å². The molecule has 3 nitrogen and oxygen atoms in total. The molecule has 0 aliphatic carbocycles. The zero-order valence-electron chi connectivity index (χ0n) is 8.54. The summed E-state index contributed by atoms with van der Waals surface area (Å²) >= 11 is 0. The van der Waals surface area contributed by atoms with Gasteiger partial charge in [0, 0.05) is 5.56 Å². The Balaban J connectivity index is 2.78. The van der Waals surface area contributed by atoms with Crippen molar-refractivity contribution in [2.45, 2.75) is 20.3 Å². The van der Waals surface area contributed by atoms with E-state index in [1.54, 1.807) is 6.07 Å². The van der Waals surface area contributed by atoms with Gasteiger partial charge >= 0.3 is 0 Å². The van der Waals surface area contributed by atoms with Crippen LogP contribution in [0, 0.1) is 0 Å². The van der Waals surface area contributed by atoms with Crippen LogP contribution in [-0.4, -0.2) is 12.5 Å². The molecule has 1 aromatic rings. The minimum atomic E-state index is -0.177. The van der Waals surface area contributed by atoms with Crippen LogP contribution >= 0.6 is 0 Å². The Morgan fingerprint density at radius 3 is 2.71 bits per heavy atom. The van der Waals surface area contributed by atoms with Crippen molar-refractivity contribution >= 4 is 5.91 Å². The Kier molecular flexibility index (Phi) is 4.13. The predicted octanol–water partition coefficient (Wildman–Crippen LogP) is 1.93. The summed E-state index contributed by atoms with van der Waals surface area (Å²) in [7, 11) is 0. The standard InChI is InChI=1S/C11H15NO2/c1-3-9-7-5-6-8-10(9)11(13)12-14-4-2/h5-8H,3-4H2,1-2H3,(H,12,13). The Labute approximate surface area is 84.0 Å². The summed E-state index contributed by atoms with van der Waals surface area (Å²) in [4.78, 5) is 16.4. The number of benzene rings is 1. The summed E-state index contributed by atoms with van der Waals surface area (Å²) in [5, 5.41) is 0. The number of hydrogen-bond acceptors (Lipinski definition) is 2. The summed E-state index contributed by atoms with van der Waals surface area (Å²) in [6, 6.07) is 7.52. The van der Waals surface area contributed by atoms with Crippen molar-refractivity contribution in [3.63, 3.8) is 0 Å². The van der Waals surface area contributed by atoms with E-state index in [1.807, 2.05) is 32.0 Å². The van der Waals surface area contributed by atoms with Crippen LogP contribution in [0.4, 0.5) is 0 Å². The van der Waals surface area contributed by atoms with Crippen molar-refractivity contribution in [2.24, 2.45) is 0 Å². The van der Waals surface area contributed by atoms with Gasteiger partial charge in [0.1, 0.15) is 0 Å². The van der Waals surface area contributed by atoms with Crippen LogP contribution in [0.5, 0.6) is 0 Å². The highest BCUT2D eigenvalue weighted by Gasteiger charge is 2.08. The van der Waals surface area contributed by atoms with Gasteiger partial charge in [-0.05, 0) is 25.0 Å². The zero-order valence-corrected chi connectivity index (χ0v) is 8.54. The SMILES string of the molecule is CCONC(=O)c1ccccc1CC. The lowest BCUT2D eigenvalue weighted by Gasteiger charge is -2.07. The summed E-state index contributed by atoms with van der Waals surface area (Å²) in [6.45, 7) is 4.32. The summed E-state index contributed by atoms with van der Waals surface area (Å²) < 4.78 is 0. The fourth-order valence-corrected chi connectivity index (χ4v) is 1.24. The van der Waals surface area contributed by atoms with E-state index in [2.05, 4.69) is 5.48 Å². The lowest BCUT2D eigenvalue weighted by atomic mass is 10.1. The number of hydrogen-bond donors (Lipinski definition) is 1. The van der Waals surface area contributed by atoms with Crippen LogP contribution in [0.1, 0.15) is 29.8 Å². The van der Waals surface area contributed by atoms with Crippen molar-refractivity contribution in [3.05, 3.63) is 35.4 Å². The molecule has 0 bridgehead atoms. The van der Waals surface area contributed by atoms with Gasteiger partial charge in [0.2, 0.25) is 0 Å². The van der Waals surface area contributed by atoms with Crippen LogP contribution in [0.2, 0.25) is 0 Å². The average molecular weight is 193 g/mol.